The largest absolute Gasteiger partial charge is 0.397 e. The summed E-state index contributed by atoms with van der Waals surface area (Å²) >= 11 is 0. The van der Waals surface area contributed by atoms with E-state index in [1.807, 2.05) is 24.3 Å². The Hall–Kier alpha value is -1.96. The van der Waals surface area contributed by atoms with Crippen LogP contribution in [0.5, 0.6) is 0 Å². The molecule has 0 aliphatic carbocycles. The summed E-state index contributed by atoms with van der Waals surface area (Å²) in [7, 11) is 0. The van der Waals surface area contributed by atoms with Gasteiger partial charge in [-0.15, -0.1) is 0 Å². The molecule has 0 fully saturated rings. The van der Waals surface area contributed by atoms with Gasteiger partial charge in [0.1, 0.15) is 0 Å². The van der Waals surface area contributed by atoms with Crippen molar-refractivity contribution in [3.05, 3.63) is 48.0 Å². The molecule has 2 rings (SSSR count). The third-order valence-electron chi connectivity index (χ3n) is 3.00. The van der Waals surface area contributed by atoms with Gasteiger partial charge in [0.05, 0.1) is 11.4 Å². The molecule has 88 valence electrons. The van der Waals surface area contributed by atoms with Crippen molar-refractivity contribution in [2.45, 2.75) is 19.8 Å². The molecule has 0 amide bonds. The van der Waals surface area contributed by atoms with E-state index in [1.165, 1.54) is 5.56 Å². The highest BCUT2D eigenvalue weighted by molar-refractivity contribution is 5.87. The number of anilines is 2. The van der Waals surface area contributed by atoms with E-state index in [-0.39, 0.29) is 0 Å². The molecule has 0 saturated carbocycles. The van der Waals surface area contributed by atoms with Gasteiger partial charge in [-0.3, -0.25) is 0 Å². The van der Waals surface area contributed by atoms with Crippen LogP contribution in [0.25, 0.3) is 11.1 Å². The van der Waals surface area contributed by atoms with Gasteiger partial charge in [-0.25, -0.2) is 0 Å². The standard InChI is InChI=1S/C15H18N2/c1-10(2)12-8-9-13(16)15(17)14(12)11-6-4-3-5-7-11/h3-10H,16-17H2,1-2H3. The highest BCUT2D eigenvalue weighted by atomic mass is 14.7. The van der Waals surface area contributed by atoms with Gasteiger partial charge < -0.3 is 11.5 Å². The Morgan fingerprint density at radius 3 is 2.12 bits per heavy atom. The summed E-state index contributed by atoms with van der Waals surface area (Å²) in [5.41, 5.74) is 16.8. The fourth-order valence-electron chi connectivity index (χ4n) is 2.06. The van der Waals surface area contributed by atoms with Gasteiger partial charge in [0.25, 0.3) is 0 Å². The molecule has 0 heterocycles. The molecule has 0 bridgehead atoms. The molecule has 4 N–H and O–H groups in total. The van der Waals surface area contributed by atoms with Gasteiger partial charge in [0, 0.05) is 5.56 Å². The van der Waals surface area contributed by atoms with Crippen molar-refractivity contribution in [2.24, 2.45) is 0 Å². The van der Waals surface area contributed by atoms with Gasteiger partial charge in [-0.2, -0.15) is 0 Å². The fourth-order valence-corrected chi connectivity index (χ4v) is 2.06. The zero-order valence-electron chi connectivity index (χ0n) is 10.3. The highest BCUT2D eigenvalue weighted by Gasteiger charge is 2.13. The van der Waals surface area contributed by atoms with Crippen molar-refractivity contribution >= 4 is 11.4 Å². The molecule has 2 heteroatoms. The van der Waals surface area contributed by atoms with E-state index in [0.29, 0.717) is 17.3 Å². The van der Waals surface area contributed by atoms with Gasteiger partial charge in [-0.1, -0.05) is 50.2 Å². The van der Waals surface area contributed by atoms with E-state index >= 15 is 0 Å². The maximum absolute atomic E-state index is 6.13. The quantitative estimate of drug-likeness (QED) is 0.768. The predicted octanol–water partition coefficient (Wildman–Crippen LogP) is 3.64. The molecule has 0 aliphatic heterocycles. The van der Waals surface area contributed by atoms with Crippen molar-refractivity contribution in [3.8, 4) is 11.1 Å². The topological polar surface area (TPSA) is 52.0 Å². The number of nitrogens with two attached hydrogens (primary N) is 2. The molecule has 0 spiro atoms. The summed E-state index contributed by atoms with van der Waals surface area (Å²) in [6.45, 7) is 4.33. The van der Waals surface area contributed by atoms with E-state index in [2.05, 4.69) is 32.0 Å². The zero-order valence-corrected chi connectivity index (χ0v) is 10.3. The lowest BCUT2D eigenvalue weighted by Crippen LogP contribution is -2.02. The van der Waals surface area contributed by atoms with E-state index in [0.717, 1.165) is 11.1 Å². The van der Waals surface area contributed by atoms with Crippen LogP contribution < -0.4 is 11.5 Å². The maximum Gasteiger partial charge on any atom is 0.0630 e. The van der Waals surface area contributed by atoms with Gasteiger partial charge >= 0.3 is 0 Å². The maximum atomic E-state index is 6.13. The van der Waals surface area contributed by atoms with Crippen molar-refractivity contribution in [1.29, 1.82) is 0 Å². The van der Waals surface area contributed by atoms with Crippen LogP contribution in [0.2, 0.25) is 0 Å². The average molecular weight is 226 g/mol. The van der Waals surface area contributed by atoms with Crippen LogP contribution in [0.4, 0.5) is 11.4 Å². The first-order valence-electron chi connectivity index (χ1n) is 5.84. The second kappa shape index (κ2) is 4.50. The van der Waals surface area contributed by atoms with E-state index in [9.17, 15) is 0 Å². The molecule has 0 atom stereocenters. The lowest BCUT2D eigenvalue weighted by molar-refractivity contribution is 0.870. The summed E-state index contributed by atoms with van der Waals surface area (Å²) in [6.07, 6.45) is 0. The van der Waals surface area contributed by atoms with Crippen molar-refractivity contribution in [2.75, 3.05) is 11.5 Å². The van der Waals surface area contributed by atoms with Crippen LogP contribution in [0.15, 0.2) is 42.5 Å². The number of hydrogen-bond acceptors (Lipinski definition) is 2. The minimum Gasteiger partial charge on any atom is -0.397 e. The average Bonchev–Trinajstić information content (AvgIpc) is 2.33. The summed E-state index contributed by atoms with van der Waals surface area (Å²) in [6, 6.07) is 14.1. The smallest absolute Gasteiger partial charge is 0.0630 e. The van der Waals surface area contributed by atoms with Crippen LogP contribution in [-0.4, -0.2) is 0 Å². The Balaban J connectivity index is 2.70. The van der Waals surface area contributed by atoms with E-state index in [1.54, 1.807) is 0 Å². The third-order valence-corrected chi connectivity index (χ3v) is 3.00. The lowest BCUT2D eigenvalue weighted by atomic mass is 9.90. The van der Waals surface area contributed by atoms with Crippen LogP contribution in [0.1, 0.15) is 25.3 Å². The van der Waals surface area contributed by atoms with Crippen LogP contribution in [0.3, 0.4) is 0 Å². The number of rotatable bonds is 2. The Labute approximate surface area is 102 Å². The molecule has 2 aromatic carbocycles. The summed E-state index contributed by atoms with van der Waals surface area (Å²) in [4.78, 5) is 0. The Morgan fingerprint density at radius 2 is 1.53 bits per heavy atom. The summed E-state index contributed by atoms with van der Waals surface area (Å²) in [5.74, 6) is 0.424. The first-order chi connectivity index (χ1) is 8.11. The van der Waals surface area contributed by atoms with Gasteiger partial charge in [0.15, 0.2) is 0 Å². The number of benzene rings is 2. The normalized spacial score (nSPS) is 10.8. The monoisotopic (exact) mass is 226 g/mol. The molecule has 0 unspecified atom stereocenters. The first-order valence-corrected chi connectivity index (χ1v) is 5.84. The van der Waals surface area contributed by atoms with Gasteiger partial charge in [0.2, 0.25) is 0 Å². The van der Waals surface area contributed by atoms with Crippen LogP contribution in [-0.2, 0) is 0 Å². The molecular formula is C15H18N2. The fraction of sp³-hybridized carbons (Fsp3) is 0.200. The first kappa shape index (κ1) is 11.5. The lowest BCUT2D eigenvalue weighted by Gasteiger charge is -2.17. The minimum absolute atomic E-state index is 0.424. The zero-order chi connectivity index (χ0) is 12.4. The molecule has 2 nitrogen and oxygen atoms in total. The Kier molecular flexibility index (Phi) is 3.05. The highest BCUT2D eigenvalue weighted by Crippen LogP contribution is 2.37. The summed E-state index contributed by atoms with van der Waals surface area (Å²) in [5, 5.41) is 0. The summed E-state index contributed by atoms with van der Waals surface area (Å²) < 4.78 is 0. The molecule has 17 heavy (non-hydrogen) atoms. The second-order valence-electron chi connectivity index (χ2n) is 4.55. The van der Waals surface area contributed by atoms with Crippen LogP contribution >= 0.6 is 0 Å². The predicted molar refractivity (Wildman–Crippen MR) is 74.8 cm³/mol. The van der Waals surface area contributed by atoms with Crippen molar-refractivity contribution in [3.63, 3.8) is 0 Å². The van der Waals surface area contributed by atoms with Crippen molar-refractivity contribution in [1.82, 2.24) is 0 Å². The minimum atomic E-state index is 0.424. The molecule has 0 aromatic heterocycles. The SMILES string of the molecule is CC(C)c1ccc(N)c(N)c1-c1ccccc1. The molecule has 0 radical (unpaired) electrons. The number of hydrogen-bond donors (Lipinski definition) is 2. The molecular weight excluding hydrogens is 208 g/mol. The molecule has 2 aromatic rings. The van der Waals surface area contributed by atoms with E-state index in [4.69, 9.17) is 11.5 Å². The van der Waals surface area contributed by atoms with Crippen LogP contribution in [0, 0.1) is 0 Å². The van der Waals surface area contributed by atoms with Gasteiger partial charge in [-0.05, 0) is 23.1 Å². The van der Waals surface area contributed by atoms with Crippen molar-refractivity contribution < 1.29 is 0 Å². The number of nitrogen functional groups attached to an aromatic ring is 2. The van der Waals surface area contributed by atoms with E-state index < -0.39 is 0 Å². The molecule has 0 aliphatic rings. The second-order valence-corrected chi connectivity index (χ2v) is 4.55. The Morgan fingerprint density at radius 1 is 0.882 bits per heavy atom. The molecule has 0 saturated heterocycles. The Bertz CT molecular complexity index is 516. The third kappa shape index (κ3) is 2.11.